The van der Waals surface area contributed by atoms with Crippen molar-refractivity contribution in [1.82, 2.24) is 4.90 Å². The Bertz CT molecular complexity index is 153. The fraction of sp³-hybridized carbons (Fsp3) is 0.889. The van der Waals surface area contributed by atoms with Crippen molar-refractivity contribution in [3.05, 3.63) is 0 Å². The van der Waals surface area contributed by atoms with Crippen LogP contribution in [-0.2, 0) is 4.79 Å². The van der Waals surface area contributed by atoms with Gasteiger partial charge in [0.05, 0.1) is 0 Å². The monoisotopic (exact) mass is 170 g/mol. The molecule has 1 aliphatic rings. The molecule has 0 aromatic carbocycles. The topological polar surface area (TPSA) is 46.3 Å². The largest absolute Gasteiger partial charge is 0.370 e. The number of amides is 1. The third-order valence-corrected chi connectivity index (χ3v) is 2.66. The summed E-state index contributed by atoms with van der Waals surface area (Å²) in [5, 5.41) is 0. The summed E-state index contributed by atoms with van der Waals surface area (Å²) in [6, 6.07) is 0.698. The molecule has 0 saturated heterocycles. The van der Waals surface area contributed by atoms with Gasteiger partial charge in [-0.1, -0.05) is 12.8 Å². The highest BCUT2D eigenvalue weighted by atomic mass is 16.1. The second-order valence-corrected chi connectivity index (χ2v) is 3.64. The zero-order valence-electron chi connectivity index (χ0n) is 7.75. The molecule has 70 valence electrons. The van der Waals surface area contributed by atoms with Gasteiger partial charge in [0.25, 0.3) is 0 Å². The van der Waals surface area contributed by atoms with E-state index in [1.807, 2.05) is 0 Å². The van der Waals surface area contributed by atoms with Crippen molar-refractivity contribution in [3.8, 4) is 0 Å². The van der Waals surface area contributed by atoms with Crippen LogP contribution >= 0.6 is 0 Å². The summed E-state index contributed by atoms with van der Waals surface area (Å²) in [6.07, 6.45) is 5.74. The third kappa shape index (κ3) is 2.81. The summed E-state index contributed by atoms with van der Waals surface area (Å²) >= 11 is 0. The molecule has 3 nitrogen and oxygen atoms in total. The van der Waals surface area contributed by atoms with E-state index in [-0.39, 0.29) is 5.91 Å². The summed E-state index contributed by atoms with van der Waals surface area (Å²) in [6.45, 7) is 0.819. The lowest BCUT2D eigenvalue weighted by atomic mass is 10.2. The zero-order chi connectivity index (χ0) is 8.97. The summed E-state index contributed by atoms with van der Waals surface area (Å²) in [5.74, 6) is -0.195. The molecule has 0 unspecified atom stereocenters. The van der Waals surface area contributed by atoms with E-state index in [4.69, 9.17) is 5.73 Å². The first kappa shape index (κ1) is 9.52. The Hall–Kier alpha value is -0.570. The number of carbonyl (C=O) groups excluding carboxylic acids is 1. The van der Waals surface area contributed by atoms with Crippen LogP contribution in [0.4, 0.5) is 0 Å². The number of hydrogen-bond donors (Lipinski definition) is 1. The molecule has 0 atom stereocenters. The smallest absolute Gasteiger partial charge is 0.218 e. The molecule has 3 heteroatoms. The predicted molar refractivity (Wildman–Crippen MR) is 48.7 cm³/mol. The van der Waals surface area contributed by atoms with Crippen LogP contribution < -0.4 is 5.73 Å². The third-order valence-electron chi connectivity index (χ3n) is 2.66. The first-order valence-electron chi connectivity index (χ1n) is 4.68. The molecule has 0 radical (unpaired) electrons. The SMILES string of the molecule is CN(CCC(N)=O)C1CCCC1. The van der Waals surface area contributed by atoms with Crippen molar-refractivity contribution in [2.24, 2.45) is 5.73 Å². The van der Waals surface area contributed by atoms with Gasteiger partial charge in [0.1, 0.15) is 0 Å². The maximum absolute atomic E-state index is 10.5. The highest BCUT2D eigenvalue weighted by Crippen LogP contribution is 2.22. The van der Waals surface area contributed by atoms with Gasteiger partial charge in [0.2, 0.25) is 5.91 Å². The lowest BCUT2D eigenvalue weighted by Gasteiger charge is -2.22. The Morgan fingerprint density at radius 1 is 1.50 bits per heavy atom. The van der Waals surface area contributed by atoms with Gasteiger partial charge in [-0.15, -0.1) is 0 Å². The van der Waals surface area contributed by atoms with Gasteiger partial charge >= 0.3 is 0 Å². The lowest BCUT2D eigenvalue weighted by molar-refractivity contribution is -0.118. The molecule has 0 aromatic heterocycles. The fourth-order valence-corrected chi connectivity index (χ4v) is 1.81. The second kappa shape index (κ2) is 4.45. The molecule has 1 rings (SSSR count). The van der Waals surface area contributed by atoms with E-state index in [1.54, 1.807) is 0 Å². The van der Waals surface area contributed by atoms with Crippen molar-refractivity contribution < 1.29 is 4.79 Å². The maximum atomic E-state index is 10.5. The minimum absolute atomic E-state index is 0.195. The number of primary amides is 1. The van der Waals surface area contributed by atoms with Crippen LogP contribution in [0, 0.1) is 0 Å². The molecule has 0 aromatic rings. The van der Waals surface area contributed by atoms with Crippen LogP contribution in [-0.4, -0.2) is 30.4 Å². The normalized spacial score (nSPS) is 18.8. The molecule has 1 amide bonds. The maximum Gasteiger partial charge on any atom is 0.218 e. The Morgan fingerprint density at radius 3 is 2.58 bits per heavy atom. The average molecular weight is 170 g/mol. The van der Waals surface area contributed by atoms with Crippen LogP contribution in [0.3, 0.4) is 0 Å². The molecule has 0 spiro atoms. The molecule has 0 heterocycles. The Balaban J connectivity index is 2.17. The molecule has 0 bridgehead atoms. The Morgan fingerprint density at radius 2 is 2.08 bits per heavy atom. The van der Waals surface area contributed by atoms with Crippen molar-refractivity contribution in [2.45, 2.75) is 38.1 Å². The molecule has 0 aliphatic heterocycles. The van der Waals surface area contributed by atoms with Gasteiger partial charge in [-0.25, -0.2) is 0 Å². The van der Waals surface area contributed by atoms with Gasteiger partial charge in [0, 0.05) is 19.0 Å². The van der Waals surface area contributed by atoms with Crippen molar-refractivity contribution >= 4 is 5.91 Å². The highest BCUT2D eigenvalue weighted by Gasteiger charge is 2.19. The van der Waals surface area contributed by atoms with E-state index in [9.17, 15) is 4.79 Å². The number of carbonyl (C=O) groups is 1. The van der Waals surface area contributed by atoms with Crippen LogP contribution in [0.2, 0.25) is 0 Å². The van der Waals surface area contributed by atoms with Crippen LogP contribution in [0.1, 0.15) is 32.1 Å². The van der Waals surface area contributed by atoms with Gasteiger partial charge in [-0.2, -0.15) is 0 Å². The molecular weight excluding hydrogens is 152 g/mol. The summed E-state index contributed by atoms with van der Waals surface area (Å²) in [7, 11) is 2.08. The van der Waals surface area contributed by atoms with E-state index in [0.29, 0.717) is 12.5 Å². The summed E-state index contributed by atoms with van der Waals surface area (Å²) in [5.41, 5.74) is 5.07. The highest BCUT2D eigenvalue weighted by molar-refractivity contribution is 5.73. The zero-order valence-corrected chi connectivity index (χ0v) is 7.75. The fourth-order valence-electron chi connectivity index (χ4n) is 1.81. The minimum Gasteiger partial charge on any atom is -0.370 e. The molecule has 1 aliphatic carbocycles. The lowest BCUT2D eigenvalue weighted by Crippen LogP contribution is -2.32. The first-order chi connectivity index (χ1) is 5.70. The molecule has 12 heavy (non-hydrogen) atoms. The number of rotatable bonds is 4. The standard InChI is InChI=1S/C9H18N2O/c1-11(7-6-9(10)12)8-4-2-3-5-8/h8H,2-7H2,1H3,(H2,10,12). The molecule has 2 N–H and O–H groups in total. The molecular formula is C9H18N2O. The molecule has 1 fully saturated rings. The number of nitrogens with zero attached hydrogens (tertiary/aromatic N) is 1. The van der Waals surface area contributed by atoms with Gasteiger partial charge in [0.15, 0.2) is 0 Å². The molecule has 1 saturated carbocycles. The van der Waals surface area contributed by atoms with E-state index < -0.39 is 0 Å². The Kier molecular flexibility index (Phi) is 3.53. The first-order valence-corrected chi connectivity index (χ1v) is 4.68. The van der Waals surface area contributed by atoms with Gasteiger partial charge in [-0.3, -0.25) is 4.79 Å². The van der Waals surface area contributed by atoms with E-state index in [0.717, 1.165) is 6.54 Å². The minimum atomic E-state index is -0.195. The van der Waals surface area contributed by atoms with Gasteiger partial charge < -0.3 is 10.6 Å². The average Bonchev–Trinajstić information content (AvgIpc) is 2.51. The van der Waals surface area contributed by atoms with Crippen LogP contribution in [0.5, 0.6) is 0 Å². The van der Waals surface area contributed by atoms with Crippen molar-refractivity contribution in [1.29, 1.82) is 0 Å². The summed E-state index contributed by atoms with van der Waals surface area (Å²) < 4.78 is 0. The quantitative estimate of drug-likeness (QED) is 0.676. The van der Waals surface area contributed by atoms with Crippen LogP contribution in [0.15, 0.2) is 0 Å². The van der Waals surface area contributed by atoms with Gasteiger partial charge in [-0.05, 0) is 19.9 Å². The van der Waals surface area contributed by atoms with Crippen LogP contribution in [0.25, 0.3) is 0 Å². The van der Waals surface area contributed by atoms with Crippen molar-refractivity contribution in [3.63, 3.8) is 0 Å². The summed E-state index contributed by atoms with van der Waals surface area (Å²) in [4.78, 5) is 12.8. The van der Waals surface area contributed by atoms with E-state index in [2.05, 4.69) is 11.9 Å². The van der Waals surface area contributed by atoms with E-state index in [1.165, 1.54) is 25.7 Å². The predicted octanol–water partition coefficient (Wildman–Crippen LogP) is 0.736. The Labute approximate surface area is 73.9 Å². The second-order valence-electron chi connectivity index (χ2n) is 3.64. The van der Waals surface area contributed by atoms with E-state index >= 15 is 0 Å². The van der Waals surface area contributed by atoms with Crippen molar-refractivity contribution in [2.75, 3.05) is 13.6 Å². The number of nitrogens with two attached hydrogens (primary N) is 1. The number of hydrogen-bond acceptors (Lipinski definition) is 2.